The lowest BCUT2D eigenvalue weighted by atomic mass is 9.98. The third-order valence-electron chi connectivity index (χ3n) is 14.9. The van der Waals surface area contributed by atoms with E-state index in [1.165, 1.54) is 86.0 Å². The average Bonchev–Trinajstić information content (AvgIpc) is 4.26. The van der Waals surface area contributed by atoms with Crippen molar-refractivity contribution in [1.29, 1.82) is 0 Å². The van der Waals surface area contributed by atoms with Crippen LogP contribution in [0.2, 0.25) is 25.5 Å². The SMILES string of the molecule is C1C[C@H]2C[C@@H]1CN2.CS(=O)(=O)Nc1ccc(Cl)cc1C(=O)N1CCCC[C@H]1c1cc2nc(Cl)cc(Cl)n2n1.CS(=O)(=O)Nc1ccc(Cl)cc1C(=O)N1CCCC[C@H]1c1cc2nc(Cl)cc(N3C[C@@H]4CC[C@H]3C4)n2n1. The van der Waals surface area contributed by atoms with Crippen LogP contribution in [0.1, 0.15) is 121 Å². The number of likely N-dealkylation sites (tertiary alicyclic amines) is 2. The van der Waals surface area contributed by atoms with Crippen LogP contribution in [0.5, 0.6) is 0 Å². The minimum Gasteiger partial charge on any atom is -0.353 e. The van der Waals surface area contributed by atoms with E-state index < -0.39 is 20.0 Å². The van der Waals surface area contributed by atoms with Crippen molar-refractivity contribution in [3.05, 3.63) is 109 Å². The summed E-state index contributed by atoms with van der Waals surface area (Å²) in [5.74, 6) is 2.08. The predicted octanol–water partition coefficient (Wildman–Crippen LogP) is 9.95. The summed E-state index contributed by atoms with van der Waals surface area (Å²) in [5.41, 5.74) is 3.27. The Bertz CT molecular complexity index is 3380. The van der Waals surface area contributed by atoms with Crippen molar-refractivity contribution < 1.29 is 26.4 Å². The zero-order valence-electron chi connectivity index (χ0n) is 41.2. The number of nitrogens with zero attached hydrogens (tertiary/aromatic N) is 9. The molecule has 0 radical (unpaired) electrons. The van der Waals surface area contributed by atoms with E-state index in [1.54, 1.807) is 21.9 Å². The molecule has 75 heavy (non-hydrogen) atoms. The van der Waals surface area contributed by atoms with E-state index in [1.807, 2.05) is 16.6 Å². The lowest BCUT2D eigenvalue weighted by Gasteiger charge is -2.35. The Morgan fingerprint density at radius 3 is 1.60 bits per heavy atom. The van der Waals surface area contributed by atoms with E-state index in [0.29, 0.717) is 68.8 Å². The quantitative estimate of drug-likeness (QED) is 0.116. The molecule has 400 valence electrons. The van der Waals surface area contributed by atoms with Crippen molar-refractivity contribution in [3.8, 4) is 0 Å². The van der Waals surface area contributed by atoms with Crippen LogP contribution < -0.4 is 19.7 Å². The number of nitrogens with one attached hydrogen (secondary N) is 3. The van der Waals surface area contributed by atoms with E-state index in [0.717, 1.165) is 74.6 Å². The molecule has 2 aromatic carbocycles. The van der Waals surface area contributed by atoms with Gasteiger partial charge in [-0.2, -0.15) is 14.7 Å². The normalized spacial score (nSPS) is 23.3. The Hall–Kier alpha value is -4.67. The molecule has 12 rings (SSSR count). The Balaban J connectivity index is 0.000000152. The molecule has 25 heteroatoms. The van der Waals surface area contributed by atoms with Gasteiger partial charge in [0.25, 0.3) is 11.8 Å². The maximum absolute atomic E-state index is 13.8. The van der Waals surface area contributed by atoms with Gasteiger partial charge < -0.3 is 20.0 Å². The number of hydrogen-bond acceptors (Lipinski definition) is 12. The number of amides is 2. The number of carbonyl (C=O) groups is 2. The van der Waals surface area contributed by atoms with E-state index in [4.69, 9.17) is 63.1 Å². The summed E-state index contributed by atoms with van der Waals surface area (Å²) in [6.07, 6.45) is 15.1. The van der Waals surface area contributed by atoms with E-state index in [9.17, 15) is 26.4 Å². The lowest BCUT2D eigenvalue weighted by Crippen LogP contribution is -2.39. The molecule has 4 saturated heterocycles. The van der Waals surface area contributed by atoms with Gasteiger partial charge in [0, 0.05) is 66.0 Å². The summed E-state index contributed by atoms with van der Waals surface area (Å²) in [6, 6.07) is 16.9. The molecule has 6 aliphatic rings. The maximum atomic E-state index is 13.8. The molecule has 6 fully saturated rings. The number of aromatic nitrogens is 6. The standard InChI is InChI=1S/C25H28Cl2N6O3S.C19H18Cl3N5O3S.C6H11N/c1-37(35,36)30-19-8-6-16(26)11-18(19)25(34)31-9-3-2-4-21(31)20-12-23-28-22(27)13-24(33(23)29-20)32-14-15-5-7-17(32)10-15;1-31(29,30)25-13-6-5-11(20)8-12(13)19(28)26-7-3-2-4-15(26)14-9-18-23-16(21)10-17(22)27(18)24-14;1-2-6-3-5(1)4-7-6/h6,8,11-13,15,17,21,30H,2-5,7,9-10,14H2,1H3;5-6,8-10,15,25H,2-4,7H2,1H3;5-7H,1-4H2/t15-,17+,21+;15-;5-,6+/m101/s1. The minimum absolute atomic E-state index is 0.174. The average molecular weight is 1160 g/mol. The highest BCUT2D eigenvalue weighted by Crippen LogP contribution is 2.42. The van der Waals surface area contributed by atoms with Gasteiger partial charge in [-0.05, 0) is 132 Å². The predicted molar refractivity (Wildman–Crippen MR) is 294 cm³/mol. The number of fused-ring (bicyclic) bond motifs is 6. The molecule has 0 unspecified atom stereocenters. The van der Waals surface area contributed by atoms with Crippen LogP contribution in [0.25, 0.3) is 11.3 Å². The van der Waals surface area contributed by atoms with Gasteiger partial charge in [0.1, 0.15) is 21.3 Å². The highest BCUT2D eigenvalue weighted by molar-refractivity contribution is 7.92. The van der Waals surface area contributed by atoms with Gasteiger partial charge in [-0.25, -0.2) is 31.3 Å². The summed E-state index contributed by atoms with van der Waals surface area (Å²) in [5, 5.41) is 14.6. The van der Waals surface area contributed by atoms with E-state index >= 15 is 0 Å². The van der Waals surface area contributed by atoms with Crippen LogP contribution in [0, 0.1) is 11.8 Å². The zero-order valence-corrected chi connectivity index (χ0v) is 46.6. The molecule has 4 aromatic heterocycles. The van der Waals surface area contributed by atoms with Crippen LogP contribution in [-0.4, -0.2) is 118 Å². The fourth-order valence-corrected chi connectivity index (χ4v) is 13.8. The summed E-state index contributed by atoms with van der Waals surface area (Å²) in [6.45, 7) is 3.32. The van der Waals surface area contributed by atoms with Gasteiger partial charge in [-0.3, -0.25) is 19.0 Å². The number of carbonyl (C=O) groups excluding carboxylic acids is 2. The zero-order chi connectivity index (χ0) is 52.9. The number of hydrogen-bond donors (Lipinski definition) is 3. The Morgan fingerprint density at radius 1 is 0.613 bits per heavy atom. The molecule has 3 N–H and O–H groups in total. The second-order valence-corrected chi connectivity index (χ2v) is 26.0. The first-order valence-electron chi connectivity index (χ1n) is 25.2. The van der Waals surface area contributed by atoms with Crippen LogP contribution in [0.4, 0.5) is 17.2 Å². The Morgan fingerprint density at radius 2 is 1.15 bits per heavy atom. The van der Waals surface area contributed by atoms with Gasteiger partial charge in [0.05, 0.1) is 58.5 Å². The third-order valence-corrected chi connectivity index (χ3v) is 17.2. The summed E-state index contributed by atoms with van der Waals surface area (Å²) in [7, 11) is -7.17. The number of anilines is 3. The number of rotatable bonds is 9. The maximum Gasteiger partial charge on any atom is 0.256 e. The molecule has 2 saturated carbocycles. The largest absolute Gasteiger partial charge is 0.353 e. The topological polar surface area (TPSA) is 209 Å². The Kier molecular flexibility index (Phi) is 15.7. The number of halogens is 5. The van der Waals surface area contributed by atoms with Gasteiger partial charge in [-0.15, -0.1) is 0 Å². The highest BCUT2D eigenvalue weighted by Gasteiger charge is 2.40. The molecule has 2 aliphatic carbocycles. The first-order chi connectivity index (χ1) is 35.7. The summed E-state index contributed by atoms with van der Waals surface area (Å²) < 4.78 is 55.6. The molecular weight excluding hydrogens is 1110 g/mol. The fourth-order valence-electron chi connectivity index (χ4n) is 11.6. The van der Waals surface area contributed by atoms with Crippen molar-refractivity contribution in [1.82, 2.24) is 44.3 Å². The molecule has 4 aliphatic heterocycles. The second-order valence-electron chi connectivity index (χ2n) is 20.4. The summed E-state index contributed by atoms with van der Waals surface area (Å²) >= 11 is 31.0. The van der Waals surface area contributed by atoms with Crippen molar-refractivity contribution >= 4 is 118 Å². The van der Waals surface area contributed by atoms with Gasteiger partial charge >= 0.3 is 0 Å². The smallest absolute Gasteiger partial charge is 0.256 e. The molecule has 18 nitrogen and oxygen atoms in total. The minimum atomic E-state index is -3.59. The molecule has 6 aromatic rings. The van der Waals surface area contributed by atoms with Crippen molar-refractivity contribution in [2.45, 2.75) is 101 Å². The van der Waals surface area contributed by atoms with Crippen LogP contribution in [0.3, 0.4) is 0 Å². The van der Waals surface area contributed by atoms with Gasteiger partial charge in [-0.1, -0.05) is 58.0 Å². The highest BCUT2D eigenvalue weighted by atomic mass is 35.5. The number of benzene rings is 2. The van der Waals surface area contributed by atoms with Crippen molar-refractivity contribution in [3.63, 3.8) is 0 Å². The monoisotopic (exact) mass is 1160 g/mol. The fraction of sp³-hybridized carbons (Fsp3) is 0.480. The van der Waals surface area contributed by atoms with Gasteiger partial charge in [0.2, 0.25) is 20.0 Å². The van der Waals surface area contributed by atoms with E-state index in [2.05, 4.69) is 34.7 Å². The van der Waals surface area contributed by atoms with Crippen LogP contribution >= 0.6 is 58.0 Å². The summed E-state index contributed by atoms with van der Waals surface area (Å²) in [4.78, 5) is 41.9. The molecule has 8 heterocycles. The molecule has 2 amide bonds. The third kappa shape index (κ3) is 12.2. The lowest BCUT2D eigenvalue weighted by molar-refractivity contribution is 0.0600. The molecular formula is C50H57Cl5N12O6S2. The van der Waals surface area contributed by atoms with E-state index in [-0.39, 0.29) is 51.6 Å². The first-order valence-corrected chi connectivity index (χ1v) is 30.9. The Labute approximate surface area is 460 Å². The van der Waals surface area contributed by atoms with Gasteiger partial charge in [0.15, 0.2) is 11.3 Å². The number of piperidine rings is 4. The van der Waals surface area contributed by atoms with Crippen LogP contribution in [0.15, 0.2) is 60.7 Å². The van der Waals surface area contributed by atoms with Crippen molar-refractivity contribution in [2.24, 2.45) is 11.8 Å². The van der Waals surface area contributed by atoms with Crippen molar-refractivity contribution in [2.75, 3.05) is 53.0 Å². The first kappa shape index (κ1) is 53.7. The number of sulfonamides is 2. The molecule has 0 spiro atoms. The van der Waals surface area contributed by atoms with Crippen LogP contribution in [-0.2, 0) is 20.0 Å². The molecule has 6 atom stereocenters. The molecule has 4 bridgehead atoms. The second kappa shape index (κ2) is 22.0.